The van der Waals surface area contributed by atoms with Crippen LogP contribution in [0, 0.1) is 0 Å². The Morgan fingerprint density at radius 3 is 2.50 bits per heavy atom. The molecule has 0 atom stereocenters. The third-order valence-corrected chi connectivity index (χ3v) is 3.44. The van der Waals surface area contributed by atoms with Crippen LogP contribution in [0.5, 0.6) is 5.75 Å². The summed E-state index contributed by atoms with van der Waals surface area (Å²) in [6.07, 6.45) is 0.393. The molecule has 0 aliphatic rings. The third kappa shape index (κ3) is 8.08. The summed E-state index contributed by atoms with van der Waals surface area (Å²) in [5.74, 6) is 0.550. The molecule has 6 nitrogen and oxygen atoms in total. The molecule has 3 N–H and O–H groups in total. The van der Waals surface area contributed by atoms with Crippen molar-refractivity contribution in [1.29, 1.82) is 0 Å². The van der Waals surface area contributed by atoms with E-state index in [1.807, 2.05) is 36.1 Å². The number of nitrogens with zero attached hydrogens (tertiary/aromatic N) is 1. The number of hydrogen-bond acceptors (Lipinski definition) is 4. The zero-order valence-electron chi connectivity index (χ0n) is 11.2. The van der Waals surface area contributed by atoms with Gasteiger partial charge in [-0.1, -0.05) is 6.07 Å². The molecule has 0 unspecified atom stereocenters. The number of ether oxygens (including phenoxy) is 1. The van der Waals surface area contributed by atoms with Crippen LogP contribution in [0.25, 0.3) is 0 Å². The Labute approximate surface area is 142 Å². The number of anilines is 1. The zero-order chi connectivity index (χ0) is 13.6. The predicted octanol–water partition coefficient (Wildman–Crippen LogP) is 0.326. The number of methoxy groups -OCH3 is 1. The third-order valence-electron chi connectivity index (χ3n) is 2.63. The first kappa shape index (κ1) is 22.0. The Bertz CT molecular complexity index is 480. The molecule has 20 heavy (non-hydrogen) atoms. The molecule has 0 aromatic heterocycles. The van der Waals surface area contributed by atoms with Gasteiger partial charge in [-0.15, -0.1) is 0 Å². The van der Waals surface area contributed by atoms with Gasteiger partial charge in [-0.05, 0) is 25.5 Å². The Kier molecular flexibility index (Phi) is 11.5. The normalized spacial score (nSPS) is 10.2. The van der Waals surface area contributed by atoms with Gasteiger partial charge in [0.2, 0.25) is 0 Å². The van der Waals surface area contributed by atoms with Crippen molar-refractivity contribution in [2.45, 2.75) is 13.3 Å². The average Bonchev–Trinajstić information content (AvgIpc) is 2.33. The second-order valence-corrected chi connectivity index (χ2v) is 5.49. The minimum atomic E-state index is -3.87. The van der Waals surface area contributed by atoms with E-state index in [4.69, 9.17) is 9.29 Å². The van der Waals surface area contributed by atoms with Crippen molar-refractivity contribution in [3.05, 3.63) is 24.3 Å². The fourth-order valence-electron chi connectivity index (χ4n) is 1.71. The summed E-state index contributed by atoms with van der Waals surface area (Å²) in [4.78, 5) is 2.04. The maximum absolute atomic E-state index is 10.7. The molecule has 0 aliphatic heterocycles. The monoisotopic (exact) mass is 315 g/mol. The van der Waals surface area contributed by atoms with Crippen LogP contribution in [0.1, 0.15) is 13.3 Å². The van der Waals surface area contributed by atoms with Crippen LogP contribution in [0.2, 0.25) is 0 Å². The van der Waals surface area contributed by atoms with Gasteiger partial charge < -0.3 is 15.1 Å². The average molecular weight is 315 g/mol. The van der Waals surface area contributed by atoms with Gasteiger partial charge in [0.15, 0.2) is 0 Å². The Balaban J connectivity index is 0. The molecule has 0 radical (unpaired) electrons. The molecule has 0 amide bonds. The van der Waals surface area contributed by atoms with E-state index in [2.05, 4.69) is 0 Å². The Morgan fingerprint density at radius 1 is 1.35 bits per heavy atom. The van der Waals surface area contributed by atoms with E-state index in [0.29, 0.717) is 13.0 Å². The van der Waals surface area contributed by atoms with E-state index in [0.717, 1.165) is 18.0 Å². The van der Waals surface area contributed by atoms with Crippen molar-refractivity contribution in [2.24, 2.45) is 0 Å². The second-order valence-electron chi connectivity index (χ2n) is 3.92. The molecule has 0 saturated heterocycles. The first-order valence-electron chi connectivity index (χ1n) is 5.80. The van der Waals surface area contributed by atoms with Crippen LogP contribution < -0.4 is 9.64 Å². The SMILES string of the molecule is CCN(CCCS(=O)(=O)O)c1cccc(OC)c1.O.[NaH]. The van der Waals surface area contributed by atoms with Crippen molar-refractivity contribution < 1.29 is 23.2 Å². The van der Waals surface area contributed by atoms with E-state index in [1.165, 1.54) is 0 Å². The van der Waals surface area contributed by atoms with Crippen molar-refractivity contribution in [3.63, 3.8) is 0 Å². The topological polar surface area (TPSA) is 98.3 Å². The van der Waals surface area contributed by atoms with Crippen molar-refractivity contribution in [2.75, 3.05) is 30.9 Å². The van der Waals surface area contributed by atoms with Gasteiger partial charge in [-0.25, -0.2) is 0 Å². The van der Waals surface area contributed by atoms with Gasteiger partial charge in [-0.2, -0.15) is 8.42 Å². The molecule has 0 fully saturated rings. The number of rotatable bonds is 7. The fourth-order valence-corrected chi connectivity index (χ4v) is 2.21. The van der Waals surface area contributed by atoms with Crippen molar-refractivity contribution in [3.8, 4) is 5.75 Å². The summed E-state index contributed by atoms with van der Waals surface area (Å²) < 4.78 is 35.1. The molecule has 1 rings (SSSR count). The van der Waals surface area contributed by atoms with Crippen molar-refractivity contribution in [1.82, 2.24) is 0 Å². The maximum atomic E-state index is 10.7. The summed E-state index contributed by atoms with van der Waals surface area (Å²) in [6, 6.07) is 7.59. The molecule has 0 heterocycles. The van der Waals surface area contributed by atoms with E-state index < -0.39 is 10.1 Å². The molecule has 0 saturated carbocycles. The van der Waals surface area contributed by atoms with E-state index in [-0.39, 0.29) is 40.8 Å². The van der Waals surface area contributed by atoms with Gasteiger partial charge in [0.05, 0.1) is 12.9 Å². The second kappa shape index (κ2) is 10.4. The minimum absolute atomic E-state index is 0. The van der Waals surface area contributed by atoms with Crippen LogP contribution in [0.4, 0.5) is 5.69 Å². The molecule has 112 valence electrons. The number of benzene rings is 1. The van der Waals surface area contributed by atoms with Crippen molar-refractivity contribution >= 4 is 45.4 Å². The van der Waals surface area contributed by atoms with E-state index in [9.17, 15) is 8.42 Å². The summed E-state index contributed by atoms with van der Waals surface area (Å²) in [6.45, 7) is 3.33. The fraction of sp³-hybridized carbons (Fsp3) is 0.500. The van der Waals surface area contributed by atoms with E-state index >= 15 is 0 Å². The number of hydrogen-bond donors (Lipinski definition) is 1. The quantitative estimate of drug-likeness (QED) is 0.577. The zero-order valence-corrected chi connectivity index (χ0v) is 12.0. The molecular formula is C12H22NNaO5S. The summed E-state index contributed by atoms with van der Waals surface area (Å²) in [5, 5.41) is 0. The molecule has 0 aliphatic carbocycles. The predicted molar refractivity (Wildman–Crippen MR) is 82.7 cm³/mol. The Morgan fingerprint density at radius 2 is 2.00 bits per heavy atom. The van der Waals surface area contributed by atoms with Crippen LogP contribution in [-0.4, -0.2) is 74.0 Å². The van der Waals surface area contributed by atoms with E-state index in [1.54, 1.807) is 7.11 Å². The van der Waals surface area contributed by atoms with Crippen LogP contribution >= 0.6 is 0 Å². The molecule has 0 bridgehead atoms. The van der Waals surface area contributed by atoms with Gasteiger partial charge in [0, 0.05) is 24.8 Å². The van der Waals surface area contributed by atoms with Crippen LogP contribution in [0.15, 0.2) is 24.3 Å². The van der Waals surface area contributed by atoms with Gasteiger partial charge in [0.25, 0.3) is 10.1 Å². The summed E-state index contributed by atoms with van der Waals surface area (Å²) in [7, 11) is -2.27. The molecular weight excluding hydrogens is 293 g/mol. The first-order valence-corrected chi connectivity index (χ1v) is 7.41. The first-order chi connectivity index (χ1) is 8.46. The molecule has 0 spiro atoms. The van der Waals surface area contributed by atoms with Crippen LogP contribution in [0.3, 0.4) is 0 Å². The van der Waals surface area contributed by atoms with Gasteiger partial charge >= 0.3 is 29.6 Å². The molecule has 1 aromatic carbocycles. The van der Waals surface area contributed by atoms with Gasteiger partial charge in [0.1, 0.15) is 5.75 Å². The Hall–Kier alpha value is -0.310. The standard InChI is InChI=1S/C12H19NO4S.Na.H2O.H/c1-3-13(8-5-9-18(14,15)16)11-6-4-7-12(10-11)17-2;;;/h4,6-7,10H,3,5,8-9H2,1-2H3,(H,14,15,16);;1H2;. The molecule has 1 aromatic rings. The molecule has 8 heteroatoms. The van der Waals surface area contributed by atoms with Crippen LogP contribution in [-0.2, 0) is 10.1 Å². The summed E-state index contributed by atoms with van der Waals surface area (Å²) >= 11 is 0. The van der Waals surface area contributed by atoms with Gasteiger partial charge in [-0.3, -0.25) is 4.55 Å². The summed E-state index contributed by atoms with van der Waals surface area (Å²) in [5.41, 5.74) is 0.979.